The van der Waals surface area contributed by atoms with Crippen LogP contribution in [-0.2, 0) is 14.4 Å². The monoisotopic (exact) mass is 503 g/mol. The first-order chi connectivity index (χ1) is 17.9. The summed E-state index contributed by atoms with van der Waals surface area (Å²) in [6, 6.07) is 17.5. The van der Waals surface area contributed by atoms with E-state index in [1.807, 2.05) is 6.92 Å². The molecule has 1 fully saturated rings. The number of nitrogens with zero attached hydrogens (tertiary/aromatic N) is 1. The Labute approximate surface area is 211 Å². The number of hydrogen-bond acceptors (Lipinski definition) is 6. The van der Waals surface area contributed by atoms with Gasteiger partial charge < -0.3 is 14.8 Å². The number of anilines is 2. The minimum Gasteiger partial charge on any atom is -0.494 e. The lowest BCUT2D eigenvalue weighted by Crippen LogP contribution is -2.54. The molecule has 188 valence electrons. The van der Waals surface area contributed by atoms with Crippen LogP contribution in [-0.4, -0.2) is 37.0 Å². The fourth-order valence-corrected chi connectivity index (χ4v) is 3.51. The first-order valence-corrected chi connectivity index (χ1v) is 11.3. The number of ether oxygens (including phenoxy) is 2. The van der Waals surface area contributed by atoms with Gasteiger partial charge in [-0.2, -0.15) is 0 Å². The molecule has 0 radical (unpaired) electrons. The summed E-state index contributed by atoms with van der Waals surface area (Å²) in [4.78, 5) is 50.9. The summed E-state index contributed by atoms with van der Waals surface area (Å²) in [6.07, 6.45) is 1.32. The molecule has 0 atom stereocenters. The van der Waals surface area contributed by atoms with Gasteiger partial charge in [-0.15, -0.1) is 0 Å². The van der Waals surface area contributed by atoms with Crippen LogP contribution < -0.4 is 25.0 Å². The van der Waals surface area contributed by atoms with E-state index in [9.17, 15) is 23.6 Å². The Morgan fingerprint density at radius 3 is 2.46 bits per heavy atom. The van der Waals surface area contributed by atoms with Gasteiger partial charge in [0.25, 0.3) is 17.7 Å². The number of para-hydroxylation sites is 1. The quantitative estimate of drug-likeness (QED) is 0.356. The SMILES string of the molecule is CCOc1ccc(N2C(=O)NC(=O)/C(=C\c3cccc(OCC(=O)Nc4ccccc4F)c3)C2=O)cc1. The standard InChI is InChI=1S/C27H22FN3O6/c1-2-36-19-12-10-18(11-13-19)31-26(34)21(25(33)30-27(31)35)15-17-6-5-7-20(14-17)37-16-24(32)29-23-9-4-3-8-22(23)28/h3-15H,2,16H2,1H3,(H,29,32)(H,30,33,35)/b21-15+. The molecule has 3 aromatic rings. The fourth-order valence-electron chi connectivity index (χ4n) is 3.51. The summed E-state index contributed by atoms with van der Waals surface area (Å²) < 4.78 is 24.6. The molecule has 0 bridgehead atoms. The lowest BCUT2D eigenvalue weighted by molar-refractivity contribution is -0.122. The zero-order chi connectivity index (χ0) is 26.4. The highest BCUT2D eigenvalue weighted by Gasteiger charge is 2.36. The first kappa shape index (κ1) is 25.1. The number of nitrogens with one attached hydrogen (secondary N) is 2. The zero-order valence-corrected chi connectivity index (χ0v) is 19.7. The molecule has 4 rings (SSSR count). The van der Waals surface area contributed by atoms with E-state index in [-0.39, 0.29) is 22.7 Å². The van der Waals surface area contributed by atoms with Gasteiger partial charge in [-0.1, -0.05) is 24.3 Å². The van der Waals surface area contributed by atoms with Crippen molar-refractivity contribution in [2.75, 3.05) is 23.4 Å². The number of carbonyl (C=O) groups excluding carboxylic acids is 4. The molecule has 5 amide bonds. The zero-order valence-electron chi connectivity index (χ0n) is 19.7. The van der Waals surface area contributed by atoms with Crippen LogP contribution in [0.15, 0.2) is 78.4 Å². The van der Waals surface area contributed by atoms with Gasteiger partial charge in [-0.3, -0.25) is 19.7 Å². The van der Waals surface area contributed by atoms with E-state index in [0.717, 1.165) is 4.90 Å². The van der Waals surface area contributed by atoms with E-state index in [4.69, 9.17) is 9.47 Å². The number of benzene rings is 3. The van der Waals surface area contributed by atoms with Crippen molar-refractivity contribution in [2.45, 2.75) is 6.92 Å². The van der Waals surface area contributed by atoms with Crippen molar-refractivity contribution in [3.8, 4) is 11.5 Å². The number of hydrogen-bond donors (Lipinski definition) is 2. The smallest absolute Gasteiger partial charge is 0.335 e. The van der Waals surface area contributed by atoms with Crippen molar-refractivity contribution in [2.24, 2.45) is 0 Å². The van der Waals surface area contributed by atoms with Crippen LogP contribution >= 0.6 is 0 Å². The molecule has 1 aliphatic rings. The Morgan fingerprint density at radius 1 is 0.973 bits per heavy atom. The van der Waals surface area contributed by atoms with Crippen molar-refractivity contribution >= 4 is 41.2 Å². The number of carbonyl (C=O) groups is 4. The second kappa shape index (κ2) is 11.2. The number of amides is 5. The third kappa shape index (κ3) is 5.99. The average molecular weight is 503 g/mol. The van der Waals surface area contributed by atoms with Crippen molar-refractivity contribution in [3.05, 3.63) is 89.8 Å². The number of rotatable bonds is 8. The van der Waals surface area contributed by atoms with Crippen LogP contribution in [0.25, 0.3) is 6.08 Å². The number of urea groups is 1. The number of barbiturate groups is 1. The molecule has 2 N–H and O–H groups in total. The average Bonchev–Trinajstić information content (AvgIpc) is 2.88. The van der Waals surface area contributed by atoms with Gasteiger partial charge in [-0.25, -0.2) is 14.1 Å². The van der Waals surface area contributed by atoms with Gasteiger partial charge in [0.05, 0.1) is 18.0 Å². The predicted molar refractivity (Wildman–Crippen MR) is 134 cm³/mol. The molecule has 0 saturated carbocycles. The van der Waals surface area contributed by atoms with Gasteiger partial charge in [0, 0.05) is 0 Å². The van der Waals surface area contributed by atoms with Crippen LogP contribution in [0, 0.1) is 5.82 Å². The lowest BCUT2D eigenvalue weighted by Gasteiger charge is -2.26. The van der Waals surface area contributed by atoms with Crippen molar-refractivity contribution in [3.63, 3.8) is 0 Å². The lowest BCUT2D eigenvalue weighted by atomic mass is 10.1. The molecule has 0 aliphatic carbocycles. The maximum atomic E-state index is 13.7. The van der Waals surface area contributed by atoms with E-state index < -0.39 is 36.2 Å². The molecule has 0 aromatic heterocycles. The minimum absolute atomic E-state index is 0.0306. The molecular weight excluding hydrogens is 481 g/mol. The predicted octanol–water partition coefficient (Wildman–Crippen LogP) is 3.91. The Morgan fingerprint density at radius 2 is 1.73 bits per heavy atom. The molecule has 10 heteroatoms. The van der Waals surface area contributed by atoms with E-state index in [0.29, 0.717) is 17.9 Å². The first-order valence-electron chi connectivity index (χ1n) is 11.3. The molecule has 0 spiro atoms. The Hall–Kier alpha value is -4.99. The van der Waals surface area contributed by atoms with Gasteiger partial charge in [0.2, 0.25) is 0 Å². The van der Waals surface area contributed by atoms with Crippen molar-refractivity contribution in [1.82, 2.24) is 5.32 Å². The summed E-state index contributed by atoms with van der Waals surface area (Å²) in [5.41, 5.74) is 0.458. The maximum absolute atomic E-state index is 13.7. The van der Waals surface area contributed by atoms with Crippen LogP contribution in [0.2, 0.25) is 0 Å². The Balaban J connectivity index is 1.48. The van der Waals surface area contributed by atoms with Gasteiger partial charge >= 0.3 is 6.03 Å². The van der Waals surface area contributed by atoms with Crippen LogP contribution in [0.1, 0.15) is 12.5 Å². The van der Waals surface area contributed by atoms with E-state index in [2.05, 4.69) is 10.6 Å². The second-order valence-corrected chi connectivity index (χ2v) is 7.77. The molecule has 9 nitrogen and oxygen atoms in total. The third-order valence-corrected chi connectivity index (χ3v) is 5.19. The summed E-state index contributed by atoms with van der Waals surface area (Å²) in [6.45, 7) is 1.90. The van der Waals surface area contributed by atoms with Gasteiger partial charge in [-0.05, 0) is 67.1 Å². The van der Waals surface area contributed by atoms with Gasteiger partial charge in [0.1, 0.15) is 22.9 Å². The topological polar surface area (TPSA) is 114 Å². The molecule has 37 heavy (non-hydrogen) atoms. The summed E-state index contributed by atoms with van der Waals surface area (Å²) in [5.74, 6) is -1.93. The normalized spacial score (nSPS) is 14.4. The van der Waals surface area contributed by atoms with Crippen LogP contribution in [0.3, 0.4) is 0 Å². The minimum atomic E-state index is -0.866. The molecule has 3 aromatic carbocycles. The summed E-state index contributed by atoms with van der Waals surface area (Å²) in [7, 11) is 0. The fraction of sp³-hybridized carbons (Fsp3) is 0.111. The number of halogens is 1. The van der Waals surface area contributed by atoms with E-state index in [1.165, 1.54) is 42.5 Å². The largest absolute Gasteiger partial charge is 0.494 e. The maximum Gasteiger partial charge on any atom is 0.335 e. The molecular formula is C27H22FN3O6. The summed E-state index contributed by atoms with van der Waals surface area (Å²) >= 11 is 0. The van der Waals surface area contributed by atoms with E-state index in [1.54, 1.807) is 36.4 Å². The third-order valence-electron chi connectivity index (χ3n) is 5.19. The summed E-state index contributed by atoms with van der Waals surface area (Å²) in [5, 5.41) is 4.58. The van der Waals surface area contributed by atoms with Crippen molar-refractivity contribution < 1.29 is 33.0 Å². The highest BCUT2D eigenvalue weighted by Crippen LogP contribution is 2.25. The van der Waals surface area contributed by atoms with Gasteiger partial charge in [0.15, 0.2) is 6.61 Å². The highest BCUT2D eigenvalue weighted by molar-refractivity contribution is 6.39. The Bertz CT molecular complexity index is 1390. The highest BCUT2D eigenvalue weighted by atomic mass is 19.1. The van der Waals surface area contributed by atoms with Crippen LogP contribution in [0.4, 0.5) is 20.6 Å². The molecule has 0 unspecified atom stereocenters. The molecule has 1 heterocycles. The second-order valence-electron chi connectivity index (χ2n) is 7.77. The Kier molecular flexibility index (Phi) is 7.58. The molecule has 1 aliphatic heterocycles. The number of imide groups is 2. The van der Waals surface area contributed by atoms with Crippen molar-refractivity contribution in [1.29, 1.82) is 0 Å². The van der Waals surface area contributed by atoms with E-state index >= 15 is 0 Å². The molecule has 1 saturated heterocycles. The van der Waals surface area contributed by atoms with Crippen LogP contribution in [0.5, 0.6) is 11.5 Å².